The number of halogens is 1. The van der Waals surface area contributed by atoms with E-state index in [0.29, 0.717) is 13.1 Å². The predicted molar refractivity (Wildman–Crippen MR) is 94.5 cm³/mol. The molecule has 0 spiro atoms. The van der Waals surface area contributed by atoms with Crippen LogP contribution in [0, 0.1) is 12.8 Å². The molecule has 2 heterocycles. The van der Waals surface area contributed by atoms with Crippen LogP contribution in [0.3, 0.4) is 0 Å². The molecule has 126 valence electrons. The average molecular weight is 391 g/mol. The number of benzene rings is 1. The molecule has 1 aliphatic heterocycles. The van der Waals surface area contributed by atoms with Gasteiger partial charge in [-0.05, 0) is 47.1 Å². The van der Waals surface area contributed by atoms with Crippen LogP contribution in [-0.4, -0.2) is 30.3 Å². The number of amides is 2. The van der Waals surface area contributed by atoms with Crippen LogP contribution in [0.15, 0.2) is 45.3 Å². The zero-order valence-corrected chi connectivity index (χ0v) is 15.2. The second kappa shape index (κ2) is 6.81. The summed E-state index contributed by atoms with van der Waals surface area (Å²) in [5.74, 6) is 1.18. The van der Waals surface area contributed by atoms with Crippen molar-refractivity contribution in [3.63, 3.8) is 0 Å². The number of rotatable bonds is 4. The molecule has 3 rings (SSSR count). The van der Waals surface area contributed by atoms with Gasteiger partial charge >= 0.3 is 0 Å². The molecule has 6 heteroatoms. The molecule has 0 radical (unpaired) electrons. The lowest BCUT2D eigenvalue weighted by molar-refractivity contribution is -0.135. The third-order valence-corrected chi connectivity index (χ3v) is 4.85. The maximum atomic E-state index is 12.7. The summed E-state index contributed by atoms with van der Waals surface area (Å²) >= 11 is 3.46. The number of carbonyl (C=O) groups excluding carboxylic acids is 2. The number of anilines is 1. The molecule has 0 bridgehead atoms. The zero-order chi connectivity index (χ0) is 17.3. The summed E-state index contributed by atoms with van der Waals surface area (Å²) in [6.45, 7) is 2.69. The van der Waals surface area contributed by atoms with Gasteiger partial charge < -0.3 is 14.2 Å². The summed E-state index contributed by atoms with van der Waals surface area (Å²) in [5, 5.41) is 0. The van der Waals surface area contributed by atoms with E-state index in [0.717, 1.165) is 21.7 Å². The molecule has 2 amide bonds. The number of hydrogen-bond donors (Lipinski definition) is 0. The standard InChI is InChI=1S/C18H19BrN2O3/c1-12-7-8-14(24-12)11-20(2)18(23)13-9-17(22)21(10-13)16-6-4-3-5-15(16)19/h3-8,13H,9-11H2,1-2H3. The van der Waals surface area contributed by atoms with E-state index in [1.54, 1.807) is 16.8 Å². The number of carbonyl (C=O) groups is 2. The van der Waals surface area contributed by atoms with Gasteiger partial charge in [-0.1, -0.05) is 12.1 Å². The van der Waals surface area contributed by atoms with Gasteiger partial charge in [0.15, 0.2) is 0 Å². The fourth-order valence-electron chi connectivity index (χ4n) is 2.97. The Hall–Kier alpha value is -2.08. The van der Waals surface area contributed by atoms with Crippen molar-refractivity contribution in [2.45, 2.75) is 19.9 Å². The first-order valence-corrected chi connectivity index (χ1v) is 8.60. The Kier molecular flexibility index (Phi) is 4.76. The van der Waals surface area contributed by atoms with Gasteiger partial charge in [-0.2, -0.15) is 0 Å². The van der Waals surface area contributed by atoms with Gasteiger partial charge in [-0.3, -0.25) is 9.59 Å². The minimum atomic E-state index is -0.328. The van der Waals surface area contributed by atoms with Crippen molar-refractivity contribution in [2.75, 3.05) is 18.5 Å². The van der Waals surface area contributed by atoms with Crippen LogP contribution in [0.1, 0.15) is 17.9 Å². The molecule has 0 N–H and O–H groups in total. The largest absolute Gasteiger partial charge is 0.464 e. The Morgan fingerprint density at radius 3 is 2.75 bits per heavy atom. The molecule has 0 saturated carbocycles. The first-order valence-electron chi connectivity index (χ1n) is 7.81. The molecular formula is C18H19BrN2O3. The second-order valence-corrected chi connectivity index (χ2v) is 6.92. The van der Waals surface area contributed by atoms with E-state index < -0.39 is 0 Å². The Balaban J connectivity index is 1.68. The smallest absolute Gasteiger partial charge is 0.228 e. The minimum Gasteiger partial charge on any atom is -0.464 e. The van der Waals surface area contributed by atoms with E-state index in [9.17, 15) is 9.59 Å². The third-order valence-electron chi connectivity index (χ3n) is 4.18. The molecule has 1 aromatic heterocycles. The summed E-state index contributed by atoms with van der Waals surface area (Å²) in [6.07, 6.45) is 0.238. The van der Waals surface area contributed by atoms with Crippen LogP contribution in [-0.2, 0) is 16.1 Å². The average Bonchev–Trinajstić information content (AvgIpc) is 3.13. The highest BCUT2D eigenvalue weighted by molar-refractivity contribution is 9.10. The summed E-state index contributed by atoms with van der Waals surface area (Å²) < 4.78 is 6.37. The van der Waals surface area contributed by atoms with E-state index >= 15 is 0 Å². The molecule has 1 atom stereocenters. The van der Waals surface area contributed by atoms with Gasteiger partial charge in [0, 0.05) is 24.5 Å². The van der Waals surface area contributed by atoms with Crippen LogP contribution >= 0.6 is 15.9 Å². The number of nitrogens with zero attached hydrogens (tertiary/aromatic N) is 2. The number of hydrogen-bond acceptors (Lipinski definition) is 3. The van der Waals surface area contributed by atoms with E-state index in [2.05, 4.69) is 15.9 Å². The number of furan rings is 1. The van der Waals surface area contributed by atoms with Gasteiger partial charge in [0.2, 0.25) is 11.8 Å². The summed E-state index contributed by atoms with van der Waals surface area (Å²) in [6, 6.07) is 11.3. The topological polar surface area (TPSA) is 53.8 Å². The first-order chi connectivity index (χ1) is 11.5. The van der Waals surface area contributed by atoms with Crippen LogP contribution in [0.4, 0.5) is 5.69 Å². The van der Waals surface area contributed by atoms with Gasteiger partial charge in [0.25, 0.3) is 0 Å². The molecule has 1 aromatic carbocycles. The molecule has 5 nitrogen and oxygen atoms in total. The Morgan fingerprint density at radius 1 is 1.33 bits per heavy atom. The van der Waals surface area contributed by atoms with E-state index in [-0.39, 0.29) is 24.2 Å². The SMILES string of the molecule is Cc1ccc(CN(C)C(=O)C2CC(=O)N(c3ccccc3Br)C2)o1. The maximum Gasteiger partial charge on any atom is 0.228 e. The summed E-state index contributed by atoms with van der Waals surface area (Å²) in [5.41, 5.74) is 0.808. The summed E-state index contributed by atoms with van der Waals surface area (Å²) in [7, 11) is 1.74. The Morgan fingerprint density at radius 2 is 2.08 bits per heavy atom. The fraction of sp³-hybridized carbons (Fsp3) is 0.333. The van der Waals surface area contributed by atoms with E-state index in [1.165, 1.54) is 0 Å². The lowest BCUT2D eigenvalue weighted by atomic mass is 10.1. The van der Waals surface area contributed by atoms with Crippen LogP contribution in [0.2, 0.25) is 0 Å². The molecule has 2 aromatic rings. The van der Waals surface area contributed by atoms with Gasteiger partial charge in [0.05, 0.1) is 18.2 Å². The molecule has 24 heavy (non-hydrogen) atoms. The molecule has 0 aliphatic carbocycles. The lowest BCUT2D eigenvalue weighted by Crippen LogP contribution is -2.34. The number of aryl methyl sites for hydroxylation is 1. The highest BCUT2D eigenvalue weighted by Gasteiger charge is 2.37. The molecule has 1 unspecified atom stereocenters. The molecule has 1 saturated heterocycles. The van der Waals surface area contributed by atoms with Crippen LogP contribution in [0.5, 0.6) is 0 Å². The second-order valence-electron chi connectivity index (χ2n) is 6.06. The van der Waals surface area contributed by atoms with Crippen LogP contribution in [0.25, 0.3) is 0 Å². The minimum absolute atomic E-state index is 0.0255. The maximum absolute atomic E-state index is 12.7. The van der Waals surface area contributed by atoms with Gasteiger partial charge in [0.1, 0.15) is 11.5 Å². The van der Waals surface area contributed by atoms with Crippen molar-refractivity contribution < 1.29 is 14.0 Å². The molecule has 1 aliphatic rings. The van der Waals surface area contributed by atoms with Crippen molar-refractivity contribution in [2.24, 2.45) is 5.92 Å². The van der Waals surface area contributed by atoms with Crippen molar-refractivity contribution in [3.8, 4) is 0 Å². The van der Waals surface area contributed by atoms with Crippen molar-refractivity contribution in [1.29, 1.82) is 0 Å². The highest BCUT2D eigenvalue weighted by atomic mass is 79.9. The summed E-state index contributed by atoms with van der Waals surface area (Å²) in [4.78, 5) is 28.3. The molecule has 1 fully saturated rings. The van der Waals surface area contributed by atoms with Crippen molar-refractivity contribution >= 4 is 33.4 Å². The van der Waals surface area contributed by atoms with E-state index in [1.807, 2.05) is 43.3 Å². The predicted octanol–water partition coefficient (Wildman–Crippen LogP) is 3.36. The quantitative estimate of drug-likeness (QED) is 0.803. The van der Waals surface area contributed by atoms with E-state index in [4.69, 9.17) is 4.42 Å². The zero-order valence-electron chi connectivity index (χ0n) is 13.7. The monoisotopic (exact) mass is 390 g/mol. The van der Waals surface area contributed by atoms with Crippen molar-refractivity contribution in [3.05, 3.63) is 52.4 Å². The third kappa shape index (κ3) is 3.38. The van der Waals surface area contributed by atoms with Gasteiger partial charge in [-0.25, -0.2) is 0 Å². The normalized spacial score (nSPS) is 17.4. The Labute approximate surface area is 149 Å². The Bertz CT molecular complexity index is 771. The van der Waals surface area contributed by atoms with Crippen molar-refractivity contribution in [1.82, 2.24) is 4.90 Å². The van der Waals surface area contributed by atoms with Crippen LogP contribution < -0.4 is 4.90 Å². The first kappa shape index (κ1) is 16.8. The fourth-order valence-corrected chi connectivity index (χ4v) is 3.47. The lowest BCUT2D eigenvalue weighted by Gasteiger charge is -2.21. The van der Waals surface area contributed by atoms with Gasteiger partial charge in [-0.15, -0.1) is 0 Å². The molecular weight excluding hydrogens is 372 g/mol. The highest BCUT2D eigenvalue weighted by Crippen LogP contribution is 2.31. The number of para-hydroxylation sites is 1.